The fourth-order valence-corrected chi connectivity index (χ4v) is 3.66. The highest BCUT2D eigenvalue weighted by Gasteiger charge is 2.68. The zero-order valence-corrected chi connectivity index (χ0v) is 11.3. The summed E-state index contributed by atoms with van der Waals surface area (Å²) in [5.41, 5.74) is 1.40. The molecule has 1 saturated heterocycles. The van der Waals surface area contributed by atoms with Crippen LogP contribution >= 0.6 is 0 Å². The predicted octanol–water partition coefficient (Wildman–Crippen LogP) is 1.76. The van der Waals surface area contributed by atoms with E-state index >= 15 is 0 Å². The smallest absolute Gasteiger partial charge is 0.157 e. The Kier molecular flexibility index (Phi) is 2.95. The molecule has 2 fully saturated rings. The van der Waals surface area contributed by atoms with Crippen molar-refractivity contribution in [3.05, 3.63) is 23.8 Å². The van der Waals surface area contributed by atoms with Crippen molar-refractivity contribution in [1.29, 1.82) is 0 Å². The highest BCUT2D eigenvalue weighted by atomic mass is 16.5. The van der Waals surface area contributed by atoms with Crippen LogP contribution in [0.1, 0.15) is 25.3 Å². The Morgan fingerprint density at radius 3 is 2.89 bits per heavy atom. The van der Waals surface area contributed by atoms with Gasteiger partial charge in [-0.1, -0.05) is 6.07 Å². The van der Waals surface area contributed by atoms with Crippen molar-refractivity contribution in [2.75, 3.05) is 26.3 Å². The molecule has 0 bridgehead atoms. The monoisotopic (exact) mass is 263 g/mol. The average molecular weight is 263 g/mol. The van der Waals surface area contributed by atoms with Gasteiger partial charge in [-0.2, -0.15) is 0 Å². The molecule has 2 atom stereocenters. The molecule has 0 amide bonds. The van der Waals surface area contributed by atoms with Crippen LogP contribution in [-0.2, 0) is 10.2 Å². The van der Waals surface area contributed by atoms with E-state index in [0.717, 1.165) is 44.7 Å². The molecule has 1 heterocycles. The maximum absolute atomic E-state index is 9.73. The van der Waals surface area contributed by atoms with Gasteiger partial charge in [0.25, 0.3) is 0 Å². The fourth-order valence-electron chi connectivity index (χ4n) is 3.66. The van der Waals surface area contributed by atoms with Crippen LogP contribution in [0, 0.1) is 5.41 Å². The largest absolute Gasteiger partial charge is 0.504 e. The summed E-state index contributed by atoms with van der Waals surface area (Å²) in [5.74, 6) is -0.0761. The number of aromatic hydroxyl groups is 2. The number of ether oxygens (including phenoxy) is 1. The van der Waals surface area contributed by atoms with Crippen LogP contribution < -0.4 is 5.32 Å². The minimum absolute atomic E-state index is 0.0254. The SMILES string of the molecule is CCOCC12CNCC[C@]1(c1ccc(O)c(O)c1)C2. The molecule has 104 valence electrons. The van der Waals surface area contributed by atoms with Gasteiger partial charge in [0.2, 0.25) is 0 Å². The fraction of sp³-hybridized carbons (Fsp3) is 0.600. The second kappa shape index (κ2) is 4.39. The Morgan fingerprint density at radius 2 is 2.16 bits per heavy atom. The van der Waals surface area contributed by atoms with E-state index in [0.29, 0.717) is 0 Å². The number of benzene rings is 1. The third kappa shape index (κ3) is 1.82. The molecular weight excluding hydrogens is 242 g/mol. The van der Waals surface area contributed by atoms with Crippen molar-refractivity contribution < 1.29 is 14.9 Å². The van der Waals surface area contributed by atoms with Gasteiger partial charge >= 0.3 is 0 Å². The summed E-state index contributed by atoms with van der Waals surface area (Å²) in [5, 5.41) is 22.6. The maximum Gasteiger partial charge on any atom is 0.157 e. The van der Waals surface area contributed by atoms with Crippen molar-refractivity contribution in [2.24, 2.45) is 5.41 Å². The van der Waals surface area contributed by atoms with Gasteiger partial charge in [-0.15, -0.1) is 0 Å². The van der Waals surface area contributed by atoms with Crippen LogP contribution in [0.4, 0.5) is 0 Å². The van der Waals surface area contributed by atoms with Gasteiger partial charge in [0, 0.05) is 24.0 Å². The zero-order chi connectivity index (χ0) is 13.5. The molecular formula is C15H21NO3. The molecule has 1 aromatic carbocycles. The first kappa shape index (κ1) is 12.8. The minimum atomic E-state index is -0.0508. The first-order valence-electron chi connectivity index (χ1n) is 6.94. The van der Waals surface area contributed by atoms with Crippen molar-refractivity contribution in [2.45, 2.75) is 25.2 Å². The summed E-state index contributed by atoms with van der Waals surface area (Å²) >= 11 is 0. The normalized spacial score (nSPS) is 32.9. The van der Waals surface area contributed by atoms with Crippen LogP contribution in [0.25, 0.3) is 0 Å². The maximum atomic E-state index is 9.73. The molecule has 1 saturated carbocycles. The lowest BCUT2D eigenvalue weighted by molar-refractivity contribution is 0.0817. The number of rotatable bonds is 4. The third-order valence-electron chi connectivity index (χ3n) is 4.83. The lowest BCUT2D eigenvalue weighted by Crippen LogP contribution is -2.41. The van der Waals surface area contributed by atoms with Gasteiger partial charge in [0.15, 0.2) is 11.5 Å². The second-order valence-corrected chi connectivity index (χ2v) is 5.81. The van der Waals surface area contributed by atoms with Gasteiger partial charge < -0.3 is 20.3 Å². The lowest BCUT2D eigenvalue weighted by Gasteiger charge is -2.31. The van der Waals surface area contributed by atoms with Crippen LogP contribution in [0.2, 0.25) is 0 Å². The third-order valence-corrected chi connectivity index (χ3v) is 4.83. The molecule has 4 heteroatoms. The molecule has 3 N–H and O–H groups in total. The number of phenolic OH excluding ortho intramolecular Hbond substituents is 2. The molecule has 0 radical (unpaired) electrons. The average Bonchev–Trinajstić information content (AvgIpc) is 3.10. The lowest BCUT2D eigenvalue weighted by atomic mass is 9.81. The van der Waals surface area contributed by atoms with Gasteiger partial charge in [0.05, 0.1) is 6.61 Å². The first-order chi connectivity index (χ1) is 9.13. The van der Waals surface area contributed by atoms with E-state index in [2.05, 4.69) is 5.32 Å². The number of hydrogen-bond donors (Lipinski definition) is 3. The molecule has 4 nitrogen and oxygen atoms in total. The van der Waals surface area contributed by atoms with Crippen molar-refractivity contribution in [1.82, 2.24) is 5.32 Å². The summed E-state index contributed by atoms with van der Waals surface area (Å²) in [4.78, 5) is 0. The zero-order valence-electron chi connectivity index (χ0n) is 11.3. The van der Waals surface area contributed by atoms with Crippen LogP contribution in [0.5, 0.6) is 11.5 Å². The van der Waals surface area contributed by atoms with Gasteiger partial charge in [0.1, 0.15) is 0 Å². The number of nitrogens with one attached hydrogen (secondary N) is 1. The van der Waals surface area contributed by atoms with E-state index in [4.69, 9.17) is 4.74 Å². The first-order valence-corrected chi connectivity index (χ1v) is 6.94. The van der Waals surface area contributed by atoms with Crippen LogP contribution in [0.15, 0.2) is 18.2 Å². The molecule has 1 aliphatic heterocycles. The summed E-state index contributed by atoms with van der Waals surface area (Å²) in [6.07, 6.45) is 2.15. The Balaban J connectivity index is 1.91. The van der Waals surface area contributed by atoms with E-state index in [1.165, 1.54) is 0 Å². The van der Waals surface area contributed by atoms with E-state index in [9.17, 15) is 10.2 Å². The molecule has 0 aromatic heterocycles. The van der Waals surface area contributed by atoms with E-state index in [-0.39, 0.29) is 22.3 Å². The van der Waals surface area contributed by atoms with E-state index in [1.807, 2.05) is 13.0 Å². The Morgan fingerprint density at radius 1 is 1.32 bits per heavy atom. The predicted molar refractivity (Wildman–Crippen MR) is 72.5 cm³/mol. The molecule has 1 unspecified atom stereocenters. The summed E-state index contributed by atoms with van der Waals surface area (Å²) in [6.45, 7) is 5.48. The van der Waals surface area contributed by atoms with Crippen LogP contribution in [0.3, 0.4) is 0 Å². The van der Waals surface area contributed by atoms with E-state index in [1.54, 1.807) is 12.1 Å². The van der Waals surface area contributed by atoms with Crippen LogP contribution in [-0.4, -0.2) is 36.5 Å². The molecule has 1 aromatic rings. The number of fused-ring (bicyclic) bond motifs is 1. The minimum Gasteiger partial charge on any atom is -0.504 e. The van der Waals surface area contributed by atoms with Gasteiger partial charge in [-0.05, 0) is 44.0 Å². The van der Waals surface area contributed by atoms with Gasteiger partial charge in [-0.25, -0.2) is 0 Å². The number of piperidine rings is 1. The highest BCUT2D eigenvalue weighted by molar-refractivity contribution is 5.48. The van der Waals surface area contributed by atoms with Crippen molar-refractivity contribution in [3.8, 4) is 11.5 Å². The van der Waals surface area contributed by atoms with Crippen molar-refractivity contribution in [3.63, 3.8) is 0 Å². The Bertz CT molecular complexity index is 490. The Labute approximate surface area is 113 Å². The number of hydrogen-bond acceptors (Lipinski definition) is 4. The molecule has 3 rings (SSSR count). The van der Waals surface area contributed by atoms with Gasteiger partial charge in [-0.3, -0.25) is 0 Å². The number of phenols is 2. The standard InChI is InChI=1S/C15H21NO3/c1-2-19-10-14-8-15(14,5-6-16-9-14)11-3-4-12(17)13(18)7-11/h3-4,7,16-18H,2,5-6,8-10H2,1H3/t14?,15-/m1/s1. The quantitative estimate of drug-likeness (QED) is 0.724. The Hall–Kier alpha value is -1.26. The summed E-state index contributed by atoms with van der Waals surface area (Å²) in [6, 6.07) is 5.24. The summed E-state index contributed by atoms with van der Waals surface area (Å²) < 4.78 is 5.67. The van der Waals surface area contributed by atoms with E-state index < -0.39 is 0 Å². The molecule has 2 aliphatic rings. The topological polar surface area (TPSA) is 61.7 Å². The molecule has 0 spiro atoms. The second-order valence-electron chi connectivity index (χ2n) is 5.81. The molecule has 19 heavy (non-hydrogen) atoms. The van der Waals surface area contributed by atoms with Crippen molar-refractivity contribution >= 4 is 0 Å². The highest BCUT2D eigenvalue weighted by Crippen LogP contribution is 2.68. The summed E-state index contributed by atoms with van der Waals surface area (Å²) in [7, 11) is 0. The molecule has 1 aliphatic carbocycles.